The van der Waals surface area contributed by atoms with E-state index in [2.05, 4.69) is 15.6 Å². The van der Waals surface area contributed by atoms with E-state index >= 15 is 0 Å². The molecule has 0 atom stereocenters. The number of nitrogens with one attached hydrogen (secondary N) is 2. The highest BCUT2D eigenvalue weighted by Gasteiger charge is 2.09. The van der Waals surface area contributed by atoms with Crippen molar-refractivity contribution in [3.05, 3.63) is 34.8 Å². The van der Waals surface area contributed by atoms with Crippen LogP contribution in [0, 0.1) is 13.8 Å². The number of ether oxygens (including phenoxy) is 1. The van der Waals surface area contributed by atoms with Crippen LogP contribution in [0.15, 0.2) is 24.3 Å². The molecule has 0 fully saturated rings. The number of amides is 2. The van der Waals surface area contributed by atoms with Gasteiger partial charge in [-0.2, -0.15) is 0 Å². The summed E-state index contributed by atoms with van der Waals surface area (Å²) < 4.78 is 5.16. The molecule has 0 saturated carbocycles. The second kappa shape index (κ2) is 5.71. The van der Waals surface area contributed by atoms with E-state index in [0.29, 0.717) is 16.6 Å². The molecule has 1 heterocycles. The molecule has 19 heavy (non-hydrogen) atoms. The van der Waals surface area contributed by atoms with Crippen molar-refractivity contribution >= 4 is 28.2 Å². The average Bonchev–Trinajstić information content (AvgIpc) is 2.68. The van der Waals surface area contributed by atoms with Crippen molar-refractivity contribution in [2.24, 2.45) is 0 Å². The van der Waals surface area contributed by atoms with Gasteiger partial charge < -0.3 is 10.1 Å². The minimum Gasteiger partial charge on any atom is -0.495 e. The Morgan fingerprint density at radius 1 is 1.26 bits per heavy atom. The number of aromatic nitrogens is 1. The van der Waals surface area contributed by atoms with Gasteiger partial charge in [-0.25, -0.2) is 9.78 Å². The summed E-state index contributed by atoms with van der Waals surface area (Å²) in [6.45, 7) is 3.88. The molecule has 2 rings (SSSR count). The Balaban J connectivity index is 2.05. The topological polar surface area (TPSA) is 63.2 Å². The molecule has 6 heteroatoms. The third-order valence-electron chi connectivity index (χ3n) is 2.60. The van der Waals surface area contributed by atoms with E-state index < -0.39 is 0 Å². The molecule has 0 saturated heterocycles. The fraction of sp³-hybridized carbons (Fsp3) is 0.231. The monoisotopic (exact) mass is 277 g/mol. The number of nitrogens with zero attached hydrogens (tertiary/aromatic N) is 1. The largest absolute Gasteiger partial charge is 0.495 e. The number of thiazole rings is 1. The minimum absolute atomic E-state index is 0.335. The normalized spacial score (nSPS) is 10.1. The number of hydrogen-bond donors (Lipinski definition) is 2. The fourth-order valence-electron chi connectivity index (χ4n) is 1.52. The highest BCUT2D eigenvalue weighted by molar-refractivity contribution is 7.15. The standard InChI is InChI=1S/C13H15N3O2S/c1-8-9(2)19-13(14-8)16-12(17)15-10-6-4-5-7-11(10)18-3/h4-7H,1-3H3,(H2,14,15,16,17). The Labute approximate surface area is 115 Å². The molecule has 2 N–H and O–H groups in total. The first-order chi connectivity index (χ1) is 9.10. The lowest BCUT2D eigenvalue weighted by molar-refractivity contribution is 0.262. The third kappa shape index (κ3) is 3.23. The fourth-order valence-corrected chi connectivity index (χ4v) is 2.33. The number of para-hydroxylation sites is 2. The maximum atomic E-state index is 11.9. The Hall–Kier alpha value is -2.08. The van der Waals surface area contributed by atoms with E-state index in [1.165, 1.54) is 11.3 Å². The summed E-state index contributed by atoms with van der Waals surface area (Å²) in [5.41, 5.74) is 1.55. The van der Waals surface area contributed by atoms with Gasteiger partial charge in [0.15, 0.2) is 5.13 Å². The number of methoxy groups -OCH3 is 1. The molecule has 5 nitrogen and oxygen atoms in total. The quantitative estimate of drug-likeness (QED) is 0.903. The lowest BCUT2D eigenvalue weighted by Crippen LogP contribution is -2.19. The molecule has 0 unspecified atom stereocenters. The number of rotatable bonds is 3. The zero-order valence-electron chi connectivity index (χ0n) is 11.0. The first-order valence-electron chi connectivity index (χ1n) is 5.75. The maximum Gasteiger partial charge on any atom is 0.325 e. The zero-order chi connectivity index (χ0) is 13.8. The molecule has 1 aromatic carbocycles. The summed E-state index contributed by atoms with van der Waals surface area (Å²) in [4.78, 5) is 17.2. The van der Waals surface area contributed by atoms with E-state index in [9.17, 15) is 4.79 Å². The molecule has 1 aromatic heterocycles. The van der Waals surface area contributed by atoms with Crippen molar-refractivity contribution in [3.8, 4) is 5.75 Å². The summed E-state index contributed by atoms with van der Waals surface area (Å²) >= 11 is 1.45. The Morgan fingerprint density at radius 3 is 2.63 bits per heavy atom. The molecule has 0 aliphatic heterocycles. The Kier molecular flexibility index (Phi) is 4.01. The molecule has 2 aromatic rings. The van der Waals surface area contributed by atoms with Gasteiger partial charge in [-0.15, -0.1) is 11.3 Å². The van der Waals surface area contributed by atoms with Crippen LogP contribution in [0.25, 0.3) is 0 Å². The van der Waals surface area contributed by atoms with Gasteiger partial charge in [0.25, 0.3) is 0 Å². The molecule has 0 bridgehead atoms. The summed E-state index contributed by atoms with van der Waals surface area (Å²) in [6.07, 6.45) is 0. The smallest absolute Gasteiger partial charge is 0.325 e. The molecule has 0 aliphatic carbocycles. The number of benzene rings is 1. The van der Waals surface area contributed by atoms with Gasteiger partial charge in [0, 0.05) is 4.88 Å². The Bertz CT molecular complexity index is 576. The summed E-state index contributed by atoms with van der Waals surface area (Å²) in [5, 5.41) is 6.02. The van der Waals surface area contributed by atoms with Crippen molar-refractivity contribution in [1.82, 2.24) is 4.98 Å². The second-order valence-corrected chi connectivity index (χ2v) is 5.14. The van der Waals surface area contributed by atoms with E-state index in [0.717, 1.165) is 10.6 Å². The van der Waals surface area contributed by atoms with Crippen molar-refractivity contribution in [2.45, 2.75) is 13.8 Å². The van der Waals surface area contributed by atoms with Crippen molar-refractivity contribution in [1.29, 1.82) is 0 Å². The van der Waals surface area contributed by atoms with Gasteiger partial charge in [-0.1, -0.05) is 12.1 Å². The number of anilines is 2. The Morgan fingerprint density at radius 2 is 2.00 bits per heavy atom. The summed E-state index contributed by atoms with van der Waals surface area (Å²) in [6, 6.07) is 6.90. The van der Waals surface area contributed by atoms with Gasteiger partial charge >= 0.3 is 6.03 Å². The number of carbonyl (C=O) groups is 1. The van der Waals surface area contributed by atoms with Crippen molar-refractivity contribution in [2.75, 3.05) is 17.7 Å². The molecule has 0 radical (unpaired) electrons. The molecule has 0 aliphatic rings. The number of hydrogen-bond acceptors (Lipinski definition) is 4. The van der Waals surface area contributed by atoms with Crippen LogP contribution in [0.2, 0.25) is 0 Å². The lowest BCUT2D eigenvalue weighted by atomic mass is 10.3. The third-order valence-corrected chi connectivity index (χ3v) is 3.59. The summed E-state index contributed by atoms with van der Waals surface area (Å²) in [5.74, 6) is 0.615. The van der Waals surface area contributed by atoms with Gasteiger partial charge in [-0.3, -0.25) is 5.32 Å². The predicted molar refractivity (Wildman–Crippen MR) is 77.2 cm³/mol. The molecule has 100 valence electrons. The maximum absolute atomic E-state index is 11.9. The average molecular weight is 277 g/mol. The predicted octanol–water partition coefficient (Wildman–Crippen LogP) is 3.41. The minimum atomic E-state index is -0.335. The highest BCUT2D eigenvalue weighted by atomic mass is 32.1. The van der Waals surface area contributed by atoms with Crippen LogP contribution in [0.1, 0.15) is 10.6 Å². The van der Waals surface area contributed by atoms with Gasteiger partial charge in [-0.05, 0) is 26.0 Å². The second-order valence-electron chi connectivity index (χ2n) is 3.94. The van der Waals surface area contributed by atoms with E-state index in [-0.39, 0.29) is 6.03 Å². The van der Waals surface area contributed by atoms with Crippen LogP contribution in [-0.2, 0) is 0 Å². The number of aryl methyl sites for hydroxylation is 2. The van der Waals surface area contributed by atoms with Crippen LogP contribution in [-0.4, -0.2) is 18.1 Å². The van der Waals surface area contributed by atoms with E-state index in [1.54, 1.807) is 19.2 Å². The van der Waals surface area contributed by atoms with Gasteiger partial charge in [0.2, 0.25) is 0 Å². The van der Waals surface area contributed by atoms with Crippen LogP contribution in [0.5, 0.6) is 5.75 Å². The summed E-state index contributed by atoms with van der Waals surface area (Å²) in [7, 11) is 1.56. The molecule has 0 spiro atoms. The first-order valence-corrected chi connectivity index (χ1v) is 6.57. The van der Waals surface area contributed by atoms with Crippen LogP contribution >= 0.6 is 11.3 Å². The van der Waals surface area contributed by atoms with Gasteiger partial charge in [0.05, 0.1) is 18.5 Å². The molecular formula is C13H15N3O2S. The lowest BCUT2D eigenvalue weighted by Gasteiger charge is -2.09. The van der Waals surface area contributed by atoms with Crippen LogP contribution in [0.3, 0.4) is 0 Å². The van der Waals surface area contributed by atoms with E-state index in [4.69, 9.17) is 4.74 Å². The van der Waals surface area contributed by atoms with Crippen molar-refractivity contribution < 1.29 is 9.53 Å². The molecular weight excluding hydrogens is 262 g/mol. The van der Waals surface area contributed by atoms with Crippen LogP contribution < -0.4 is 15.4 Å². The first kappa shape index (κ1) is 13.4. The van der Waals surface area contributed by atoms with E-state index in [1.807, 2.05) is 26.0 Å². The van der Waals surface area contributed by atoms with Crippen molar-refractivity contribution in [3.63, 3.8) is 0 Å². The van der Waals surface area contributed by atoms with Gasteiger partial charge in [0.1, 0.15) is 5.75 Å². The number of carbonyl (C=O) groups excluding carboxylic acids is 1. The SMILES string of the molecule is COc1ccccc1NC(=O)Nc1nc(C)c(C)s1. The molecule has 2 amide bonds. The number of urea groups is 1. The highest BCUT2D eigenvalue weighted by Crippen LogP contribution is 2.24. The van der Waals surface area contributed by atoms with Crippen LogP contribution in [0.4, 0.5) is 15.6 Å². The zero-order valence-corrected chi connectivity index (χ0v) is 11.8.